The average molecular weight is 269 g/mol. The van der Waals surface area contributed by atoms with Crippen LogP contribution in [0.25, 0.3) is 0 Å². The van der Waals surface area contributed by atoms with Crippen molar-refractivity contribution in [3.05, 3.63) is 34.3 Å². The first kappa shape index (κ1) is 15.0. The van der Waals surface area contributed by atoms with Gasteiger partial charge in [0.2, 0.25) is 0 Å². The molecule has 0 aliphatic carbocycles. The number of halogens is 1. The Hall–Kier alpha value is -1.06. The van der Waals surface area contributed by atoms with E-state index in [4.69, 9.17) is 17.3 Å². The van der Waals surface area contributed by atoms with Crippen molar-refractivity contribution in [3.63, 3.8) is 0 Å². The van der Waals surface area contributed by atoms with Crippen LogP contribution in [-0.4, -0.2) is 18.0 Å². The predicted molar refractivity (Wildman–Crippen MR) is 76.0 cm³/mol. The van der Waals surface area contributed by atoms with E-state index in [2.05, 4.69) is 5.32 Å². The molecule has 0 spiro atoms. The van der Waals surface area contributed by atoms with Crippen molar-refractivity contribution in [2.45, 2.75) is 33.2 Å². The second-order valence-electron chi connectivity index (χ2n) is 5.19. The van der Waals surface area contributed by atoms with E-state index in [0.717, 1.165) is 5.56 Å². The highest BCUT2D eigenvalue weighted by Gasteiger charge is 2.28. The number of rotatable bonds is 4. The Morgan fingerprint density at radius 1 is 1.50 bits per heavy atom. The van der Waals surface area contributed by atoms with Crippen LogP contribution in [0.15, 0.2) is 18.2 Å². The van der Waals surface area contributed by atoms with E-state index in [1.165, 1.54) is 0 Å². The van der Waals surface area contributed by atoms with Crippen LogP contribution >= 0.6 is 11.6 Å². The lowest BCUT2D eigenvalue weighted by Crippen LogP contribution is -2.55. The van der Waals surface area contributed by atoms with E-state index < -0.39 is 5.54 Å². The lowest BCUT2D eigenvalue weighted by Gasteiger charge is -2.33. The first-order valence-corrected chi connectivity index (χ1v) is 6.46. The summed E-state index contributed by atoms with van der Waals surface area (Å²) in [6, 6.07) is 5.30. The van der Waals surface area contributed by atoms with Crippen LogP contribution in [0.5, 0.6) is 0 Å². The number of hydrogen-bond donors (Lipinski definition) is 2. The molecule has 1 rings (SSSR count). The fraction of sp³-hybridized carbons (Fsp3) is 0.500. The fourth-order valence-electron chi connectivity index (χ4n) is 1.50. The van der Waals surface area contributed by atoms with Crippen LogP contribution < -0.4 is 11.1 Å². The van der Waals surface area contributed by atoms with Gasteiger partial charge in [0.05, 0.1) is 5.54 Å². The Kier molecular flexibility index (Phi) is 4.77. The first-order chi connectivity index (χ1) is 8.30. The molecule has 0 bridgehead atoms. The van der Waals surface area contributed by atoms with Crippen molar-refractivity contribution >= 4 is 17.5 Å². The lowest BCUT2D eigenvalue weighted by atomic mass is 9.88. The van der Waals surface area contributed by atoms with Gasteiger partial charge in [-0.2, -0.15) is 0 Å². The van der Waals surface area contributed by atoms with Gasteiger partial charge in [0.1, 0.15) is 0 Å². The number of nitrogens with one attached hydrogen (secondary N) is 1. The zero-order chi connectivity index (χ0) is 13.9. The van der Waals surface area contributed by atoms with Gasteiger partial charge in [0.15, 0.2) is 0 Å². The molecule has 1 unspecified atom stereocenters. The van der Waals surface area contributed by atoms with Crippen LogP contribution in [0.3, 0.4) is 0 Å². The summed E-state index contributed by atoms with van der Waals surface area (Å²) in [4.78, 5) is 12.2. The van der Waals surface area contributed by atoms with Crippen molar-refractivity contribution in [2.75, 3.05) is 6.54 Å². The zero-order valence-corrected chi connectivity index (χ0v) is 12.1. The minimum Gasteiger partial charge on any atom is -0.345 e. The molecular weight excluding hydrogens is 248 g/mol. The number of amides is 1. The molecule has 100 valence electrons. The third-order valence-corrected chi connectivity index (χ3v) is 3.94. The van der Waals surface area contributed by atoms with E-state index in [0.29, 0.717) is 17.1 Å². The molecule has 0 saturated heterocycles. The number of carbonyl (C=O) groups excluding carboxylic acids is 1. The number of benzene rings is 1. The molecule has 1 atom stereocenters. The monoisotopic (exact) mass is 268 g/mol. The molecule has 3 nitrogen and oxygen atoms in total. The van der Waals surface area contributed by atoms with Crippen LogP contribution in [0, 0.1) is 12.8 Å². The molecular formula is C14H21ClN2O. The van der Waals surface area contributed by atoms with E-state index in [1.807, 2.05) is 33.8 Å². The van der Waals surface area contributed by atoms with Crippen LogP contribution in [0.4, 0.5) is 0 Å². The van der Waals surface area contributed by atoms with Crippen molar-refractivity contribution in [1.29, 1.82) is 0 Å². The highest BCUT2D eigenvalue weighted by molar-refractivity contribution is 6.31. The maximum Gasteiger partial charge on any atom is 0.251 e. The third-order valence-electron chi connectivity index (χ3n) is 3.53. The normalized spacial score (nSPS) is 14.4. The molecule has 0 aliphatic rings. The Morgan fingerprint density at radius 2 is 2.11 bits per heavy atom. The topological polar surface area (TPSA) is 55.1 Å². The Morgan fingerprint density at radius 3 is 2.56 bits per heavy atom. The summed E-state index contributed by atoms with van der Waals surface area (Å²) in [5.74, 6) is 0.117. The maximum atomic E-state index is 12.2. The molecule has 0 aromatic heterocycles. The SMILES string of the molecule is Cc1ccc(C(=O)NC(C)(CN)C(C)C)cc1Cl. The highest BCUT2D eigenvalue weighted by Crippen LogP contribution is 2.19. The summed E-state index contributed by atoms with van der Waals surface area (Å²) in [6.07, 6.45) is 0. The first-order valence-electron chi connectivity index (χ1n) is 6.09. The van der Waals surface area contributed by atoms with Crippen LogP contribution in [0.1, 0.15) is 36.7 Å². The largest absolute Gasteiger partial charge is 0.345 e. The van der Waals surface area contributed by atoms with Gasteiger partial charge in [0, 0.05) is 17.1 Å². The van der Waals surface area contributed by atoms with Crippen LogP contribution in [0.2, 0.25) is 5.02 Å². The molecule has 1 amide bonds. The van der Waals surface area contributed by atoms with Gasteiger partial charge in [-0.1, -0.05) is 31.5 Å². The molecule has 0 fully saturated rings. The molecule has 0 saturated carbocycles. The third kappa shape index (κ3) is 3.24. The van der Waals surface area contributed by atoms with Crippen molar-refractivity contribution in [3.8, 4) is 0 Å². The Labute approximate surface area is 114 Å². The molecule has 0 heterocycles. The smallest absolute Gasteiger partial charge is 0.251 e. The van der Waals surface area contributed by atoms with Gasteiger partial charge >= 0.3 is 0 Å². The van der Waals surface area contributed by atoms with Crippen LogP contribution in [-0.2, 0) is 0 Å². The van der Waals surface area contributed by atoms with E-state index >= 15 is 0 Å². The number of aryl methyl sites for hydroxylation is 1. The van der Waals surface area contributed by atoms with Gasteiger partial charge in [-0.3, -0.25) is 4.79 Å². The molecule has 4 heteroatoms. The van der Waals surface area contributed by atoms with E-state index in [1.54, 1.807) is 12.1 Å². The molecule has 3 N–H and O–H groups in total. The number of hydrogen-bond acceptors (Lipinski definition) is 2. The van der Waals surface area contributed by atoms with Crippen molar-refractivity contribution in [1.82, 2.24) is 5.32 Å². The molecule has 0 aliphatic heterocycles. The average Bonchev–Trinajstić information content (AvgIpc) is 2.32. The summed E-state index contributed by atoms with van der Waals surface area (Å²) >= 11 is 6.02. The fourth-order valence-corrected chi connectivity index (χ4v) is 1.68. The van der Waals surface area contributed by atoms with Crippen molar-refractivity contribution < 1.29 is 4.79 Å². The summed E-state index contributed by atoms with van der Waals surface area (Å²) in [5.41, 5.74) is 6.86. The summed E-state index contributed by atoms with van der Waals surface area (Å²) < 4.78 is 0. The summed E-state index contributed by atoms with van der Waals surface area (Å²) in [7, 11) is 0. The molecule has 18 heavy (non-hydrogen) atoms. The minimum absolute atomic E-state index is 0.140. The van der Waals surface area contributed by atoms with Gasteiger partial charge < -0.3 is 11.1 Å². The van der Waals surface area contributed by atoms with Gasteiger partial charge in [-0.25, -0.2) is 0 Å². The lowest BCUT2D eigenvalue weighted by molar-refractivity contribution is 0.0883. The molecule has 1 aromatic carbocycles. The van der Waals surface area contributed by atoms with Gasteiger partial charge in [-0.05, 0) is 37.5 Å². The molecule has 0 radical (unpaired) electrons. The summed E-state index contributed by atoms with van der Waals surface area (Å²) in [5, 5.41) is 3.58. The highest BCUT2D eigenvalue weighted by atomic mass is 35.5. The van der Waals surface area contributed by atoms with Gasteiger partial charge in [-0.15, -0.1) is 0 Å². The zero-order valence-electron chi connectivity index (χ0n) is 11.4. The summed E-state index contributed by atoms with van der Waals surface area (Å²) in [6.45, 7) is 8.33. The number of carbonyl (C=O) groups is 1. The van der Waals surface area contributed by atoms with E-state index in [9.17, 15) is 4.79 Å². The quantitative estimate of drug-likeness (QED) is 0.882. The second-order valence-corrected chi connectivity index (χ2v) is 5.60. The maximum absolute atomic E-state index is 12.2. The minimum atomic E-state index is -0.408. The molecule has 1 aromatic rings. The standard InChI is InChI=1S/C14H21ClN2O/c1-9(2)14(4,8-16)17-13(18)11-6-5-10(3)12(15)7-11/h5-7,9H,8,16H2,1-4H3,(H,17,18). The van der Waals surface area contributed by atoms with Crippen molar-refractivity contribution in [2.24, 2.45) is 11.7 Å². The van der Waals surface area contributed by atoms with E-state index in [-0.39, 0.29) is 11.8 Å². The Balaban J connectivity index is 2.91. The number of nitrogens with two attached hydrogens (primary N) is 1. The predicted octanol–water partition coefficient (Wildman–Crippen LogP) is 2.75. The van der Waals surface area contributed by atoms with Gasteiger partial charge in [0.25, 0.3) is 5.91 Å². The second kappa shape index (κ2) is 5.72. The Bertz CT molecular complexity index is 445.